The molecule has 130 valence electrons. The molecule has 0 spiro atoms. The molecule has 0 saturated carbocycles. The molecular formula is C19H21N3O2S. The number of primary amides is 1. The Bertz CT molecular complexity index is 770. The highest BCUT2D eigenvalue weighted by Crippen LogP contribution is 2.28. The number of rotatable bonds is 3. The lowest BCUT2D eigenvalue weighted by Crippen LogP contribution is -2.39. The Morgan fingerprint density at radius 1 is 0.960 bits per heavy atom. The molecule has 1 fully saturated rings. The van der Waals surface area contributed by atoms with Gasteiger partial charge in [-0.25, -0.2) is 4.79 Å². The Labute approximate surface area is 151 Å². The lowest BCUT2D eigenvalue weighted by Gasteiger charge is -2.19. The van der Waals surface area contributed by atoms with Crippen LogP contribution in [0.15, 0.2) is 48.5 Å². The number of nitrogens with two attached hydrogens (primary N) is 1. The molecule has 3 rings (SSSR count). The van der Waals surface area contributed by atoms with Crippen LogP contribution in [0.5, 0.6) is 0 Å². The van der Waals surface area contributed by atoms with Gasteiger partial charge in [0.05, 0.1) is 0 Å². The molecule has 1 aliphatic rings. The Balaban J connectivity index is 1.61. The van der Waals surface area contributed by atoms with Gasteiger partial charge in [0.15, 0.2) is 0 Å². The van der Waals surface area contributed by atoms with E-state index in [1.54, 1.807) is 27.2 Å². The van der Waals surface area contributed by atoms with Gasteiger partial charge < -0.3 is 15.5 Å². The van der Waals surface area contributed by atoms with Gasteiger partial charge >= 0.3 is 6.03 Å². The highest BCUT2D eigenvalue weighted by atomic mass is 32.1. The number of benzene rings is 1. The van der Waals surface area contributed by atoms with Crippen LogP contribution < -0.4 is 5.73 Å². The first-order chi connectivity index (χ1) is 12.1. The second-order valence-electron chi connectivity index (χ2n) is 5.91. The summed E-state index contributed by atoms with van der Waals surface area (Å²) in [5, 5.41) is 0. The molecule has 1 aromatic heterocycles. The van der Waals surface area contributed by atoms with E-state index in [-0.39, 0.29) is 5.91 Å². The molecule has 1 aliphatic heterocycles. The molecule has 0 atom stereocenters. The molecule has 2 heterocycles. The van der Waals surface area contributed by atoms with Crippen molar-refractivity contribution in [2.24, 2.45) is 5.73 Å². The summed E-state index contributed by atoms with van der Waals surface area (Å²) in [4.78, 5) is 29.2. The SMILES string of the molecule is NC(=O)N1CCCN(C(=O)/C=C/c2ccc(-c3ccccc3)s2)CC1. The van der Waals surface area contributed by atoms with Crippen molar-refractivity contribution in [2.75, 3.05) is 26.2 Å². The molecule has 3 amide bonds. The third kappa shape index (κ3) is 4.48. The van der Waals surface area contributed by atoms with Crippen LogP contribution in [0, 0.1) is 0 Å². The van der Waals surface area contributed by atoms with Gasteiger partial charge in [0, 0.05) is 42.0 Å². The molecule has 1 aromatic carbocycles. The fourth-order valence-electron chi connectivity index (χ4n) is 2.82. The molecule has 6 heteroatoms. The van der Waals surface area contributed by atoms with Crippen LogP contribution in [0.3, 0.4) is 0 Å². The fourth-order valence-corrected chi connectivity index (χ4v) is 3.73. The fraction of sp³-hybridized carbons (Fsp3) is 0.263. The zero-order valence-electron chi connectivity index (χ0n) is 13.9. The van der Waals surface area contributed by atoms with Crippen LogP contribution in [0.1, 0.15) is 11.3 Å². The predicted molar refractivity (Wildman–Crippen MR) is 101 cm³/mol. The van der Waals surface area contributed by atoms with E-state index < -0.39 is 6.03 Å². The lowest BCUT2D eigenvalue weighted by atomic mass is 10.2. The summed E-state index contributed by atoms with van der Waals surface area (Å²) < 4.78 is 0. The highest BCUT2D eigenvalue weighted by Gasteiger charge is 2.19. The number of carbonyl (C=O) groups is 2. The van der Waals surface area contributed by atoms with E-state index in [1.807, 2.05) is 30.3 Å². The van der Waals surface area contributed by atoms with Crippen molar-refractivity contribution in [3.63, 3.8) is 0 Å². The minimum absolute atomic E-state index is 0.0269. The molecule has 5 nitrogen and oxygen atoms in total. The summed E-state index contributed by atoms with van der Waals surface area (Å²) in [5.74, 6) is -0.0269. The van der Waals surface area contributed by atoms with E-state index in [0.29, 0.717) is 26.2 Å². The van der Waals surface area contributed by atoms with Gasteiger partial charge in [0.1, 0.15) is 0 Å². The van der Waals surface area contributed by atoms with Gasteiger partial charge in [0.25, 0.3) is 0 Å². The Morgan fingerprint density at radius 2 is 1.68 bits per heavy atom. The maximum Gasteiger partial charge on any atom is 0.314 e. The summed E-state index contributed by atoms with van der Waals surface area (Å²) >= 11 is 1.66. The second kappa shape index (κ2) is 7.98. The minimum atomic E-state index is -0.420. The van der Waals surface area contributed by atoms with Gasteiger partial charge in [-0.3, -0.25) is 4.79 Å². The molecule has 1 saturated heterocycles. The van der Waals surface area contributed by atoms with Crippen molar-refractivity contribution in [3.8, 4) is 10.4 Å². The Kier molecular flexibility index (Phi) is 5.50. The van der Waals surface area contributed by atoms with Crippen LogP contribution >= 0.6 is 11.3 Å². The number of amides is 3. The summed E-state index contributed by atoms with van der Waals surface area (Å²) in [5.41, 5.74) is 6.49. The average Bonchev–Trinajstić information content (AvgIpc) is 2.95. The maximum atomic E-state index is 12.4. The van der Waals surface area contributed by atoms with E-state index in [4.69, 9.17) is 5.73 Å². The number of carbonyl (C=O) groups excluding carboxylic acids is 2. The van der Waals surface area contributed by atoms with E-state index >= 15 is 0 Å². The molecule has 0 radical (unpaired) electrons. The van der Waals surface area contributed by atoms with E-state index in [2.05, 4.69) is 18.2 Å². The van der Waals surface area contributed by atoms with Crippen molar-refractivity contribution in [3.05, 3.63) is 53.4 Å². The van der Waals surface area contributed by atoms with E-state index in [9.17, 15) is 9.59 Å². The van der Waals surface area contributed by atoms with Gasteiger partial charge in [-0.2, -0.15) is 0 Å². The predicted octanol–water partition coefficient (Wildman–Crippen LogP) is 3.04. The van der Waals surface area contributed by atoms with Crippen LogP contribution in [-0.2, 0) is 4.79 Å². The molecule has 25 heavy (non-hydrogen) atoms. The quantitative estimate of drug-likeness (QED) is 0.860. The molecular weight excluding hydrogens is 334 g/mol. The summed E-state index contributed by atoms with van der Waals surface area (Å²) in [6, 6.07) is 13.9. The van der Waals surface area contributed by atoms with Gasteiger partial charge in [-0.05, 0) is 30.2 Å². The van der Waals surface area contributed by atoms with Crippen molar-refractivity contribution in [1.29, 1.82) is 0 Å². The third-order valence-electron chi connectivity index (χ3n) is 4.19. The summed E-state index contributed by atoms with van der Waals surface area (Å²) in [7, 11) is 0. The molecule has 2 aromatic rings. The largest absolute Gasteiger partial charge is 0.351 e. The lowest BCUT2D eigenvalue weighted by molar-refractivity contribution is -0.125. The summed E-state index contributed by atoms with van der Waals surface area (Å²) in [6.07, 6.45) is 4.22. The number of thiophene rings is 1. The summed E-state index contributed by atoms with van der Waals surface area (Å²) in [6.45, 7) is 2.26. The number of nitrogens with zero attached hydrogens (tertiary/aromatic N) is 2. The maximum absolute atomic E-state index is 12.4. The van der Waals surface area contributed by atoms with Crippen molar-refractivity contribution in [2.45, 2.75) is 6.42 Å². The topological polar surface area (TPSA) is 66.6 Å². The highest BCUT2D eigenvalue weighted by molar-refractivity contribution is 7.16. The van der Waals surface area contributed by atoms with Gasteiger partial charge in [0.2, 0.25) is 5.91 Å². The van der Waals surface area contributed by atoms with Crippen LogP contribution in [0.4, 0.5) is 4.79 Å². The van der Waals surface area contributed by atoms with E-state index in [1.165, 1.54) is 10.4 Å². The van der Waals surface area contributed by atoms with Crippen molar-refractivity contribution >= 4 is 29.4 Å². The smallest absolute Gasteiger partial charge is 0.314 e. The molecule has 0 unspecified atom stereocenters. The van der Waals surface area contributed by atoms with E-state index in [0.717, 1.165) is 11.3 Å². The van der Waals surface area contributed by atoms with Crippen LogP contribution in [0.25, 0.3) is 16.5 Å². The van der Waals surface area contributed by atoms with Crippen LogP contribution in [-0.4, -0.2) is 47.9 Å². The van der Waals surface area contributed by atoms with Gasteiger partial charge in [-0.15, -0.1) is 11.3 Å². The first-order valence-electron chi connectivity index (χ1n) is 8.30. The number of urea groups is 1. The standard InChI is InChI=1S/C19H21N3O2S/c20-19(24)22-12-4-11-21(13-14-22)18(23)10-8-16-7-9-17(25-16)15-5-2-1-3-6-15/h1-3,5-10H,4,11-14H2,(H2,20,24)/b10-8+. The second-order valence-corrected chi connectivity index (χ2v) is 7.02. The normalized spacial score (nSPS) is 15.4. The Hall–Kier alpha value is -2.60. The van der Waals surface area contributed by atoms with Gasteiger partial charge in [-0.1, -0.05) is 30.3 Å². The number of hydrogen-bond acceptors (Lipinski definition) is 3. The molecule has 0 aliphatic carbocycles. The first-order valence-corrected chi connectivity index (χ1v) is 9.12. The molecule has 0 bridgehead atoms. The number of hydrogen-bond donors (Lipinski definition) is 1. The molecule has 2 N–H and O–H groups in total. The van der Waals surface area contributed by atoms with Crippen molar-refractivity contribution < 1.29 is 9.59 Å². The first kappa shape index (κ1) is 17.2. The average molecular weight is 355 g/mol. The van der Waals surface area contributed by atoms with Crippen LogP contribution in [0.2, 0.25) is 0 Å². The monoisotopic (exact) mass is 355 g/mol. The third-order valence-corrected chi connectivity index (χ3v) is 5.29. The zero-order valence-corrected chi connectivity index (χ0v) is 14.7. The van der Waals surface area contributed by atoms with Crippen molar-refractivity contribution in [1.82, 2.24) is 9.80 Å². The Morgan fingerprint density at radius 3 is 2.44 bits per heavy atom. The zero-order chi connectivity index (χ0) is 17.6. The minimum Gasteiger partial charge on any atom is -0.351 e.